The van der Waals surface area contributed by atoms with Crippen LogP contribution in [0.2, 0.25) is 0 Å². The van der Waals surface area contributed by atoms with Crippen molar-refractivity contribution < 1.29 is 84.9 Å². The van der Waals surface area contributed by atoms with Gasteiger partial charge in [-0.2, -0.15) is 0 Å². The molecule has 2 radical (unpaired) electrons. The van der Waals surface area contributed by atoms with Crippen molar-refractivity contribution in [3.05, 3.63) is 31.5 Å². The van der Waals surface area contributed by atoms with Crippen LogP contribution in [0.3, 0.4) is 0 Å². The van der Waals surface area contributed by atoms with Gasteiger partial charge in [-0.1, -0.05) is 6.92 Å². The van der Waals surface area contributed by atoms with Crippen LogP contribution in [0.5, 0.6) is 0 Å². The fraction of sp³-hybridized carbons (Fsp3) is 0.765. The van der Waals surface area contributed by atoms with Crippen molar-refractivity contribution in [2.75, 3.05) is 26.4 Å². The normalized spacial score (nSPS) is 32.9. The van der Waals surface area contributed by atoms with Crippen LogP contribution in [-0.2, 0) is 65.1 Å². The minimum atomic E-state index is -4.97. The van der Waals surface area contributed by atoms with E-state index in [-0.39, 0.29) is 49.5 Å². The number of aliphatic hydroxyl groups excluding tert-OH is 1. The molecular weight excluding hydrogens is 682 g/mol. The number of aromatic nitrogens is 2. The molecule has 3 rings (SSSR count). The summed E-state index contributed by atoms with van der Waals surface area (Å²) in [6.45, 7) is 0.684. The Kier molecular flexibility index (Phi) is 12.6. The minimum Gasteiger partial charge on any atom is -0.779 e. The second-order valence-electron chi connectivity index (χ2n) is 8.36. The second kappa shape index (κ2) is 13.9. The van der Waals surface area contributed by atoms with E-state index < -0.39 is 82.6 Å². The van der Waals surface area contributed by atoms with Gasteiger partial charge in [-0.05, 0) is 22.0 Å². The van der Waals surface area contributed by atoms with Gasteiger partial charge in [0.05, 0.1) is 29.9 Å². The van der Waals surface area contributed by atoms with Gasteiger partial charge in [0, 0.05) is 64.4 Å². The molecule has 3 N–H and O–H groups in total. The van der Waals surface area contributed by atoms with Crippen molar-refractivity contribution in [1.82, 2.24) is 9.55 Å². The zero-order valence-corrected chi connectivity index (χ0v) is 25.9. The first-order valence-electron chi connectivity index (χ1n) is 10.7. The predicted octanol–water partition coefficient (Wildman–Crippen LogP) is -1.97. The monoisotopic (exact) mass is 706 g/mol. The number of aliphatic hydroxyl groups is 1. The van der Waals surface area contributed by atoms with Crippen molar-refractivity contribution in [1.29, 1.82) is 0 Å². The molecule has 0 spiro atoms. The number of ether oxygens (including phenoxy) is 3. The van der Waals surface area contributed by atoms with Gasteiger partial charge >= 0.3 is 5.69 Å². The van der Waals surface area contributed by atoms with E-state index in [4.69, 9.17) is 23.6 Å². The summed E-state index contributed by atoms with van der Waals surface area (Å²) in [5.41, 5.74) is -1.39. The molecule has 3 heterocycles. The van der Waals surface area contributed by atoms with Crippen molar-refractivity contribution in [3.63, 3.8) is 0 Å². The van der Waals surface area contributed by atoms with Gasteiger partial charge in [0.15, 0.2) is 7.28 Å². The topological polar surface area (TPSA) is 222 Å². The number of methoxy groups -OCH3 is 1. The van der Waals surface area contributed by atoms with Crippen LogP contribution in [0.4, 0.5) is 0 Å². The van der Waals surface area contributed by atoms with Gasteiger partial charge < -0.3 is 47.6 Å². The van der Waals surface area contributed by atoms with Crippen molar-refractivity contribution >= 4 is 38.6 Å². The number of aromatic amines is 1. The zero-order valence-electron chi connectivity index (χ0n) is 19.7. The molecule has 2 aliphatic rings. The summed E-state index contributed by atoms with van der Waals surface area (Å²) >= 11 is 3.00. The number of H-pyrrole nitrogens is 1. The Hall–Kier alpha value is 0.429. The van der Waals surface area contributed by atoms with Gasteiger partial charge in [-0.25, -0.2) is 4.79 Å². The number of rotatable bonds is 11. The third-order valence-electron chi connectivity index (χ3n) is 5.84. The average molecular weight is 707 g/mol. The van der Waals surface area contributed by atoms with E-state index in [0.29, 0.717) is 0 Å². The maximum atomic E-state index is 12.4. The molecular formula is C17H25BBrN2O13P2Y-2. The molecule has 1 aromatic rings. The second-order valence-corrected chi connectivity index (χ2v) is 12.3. The smallest absolute Gasteiger partial charge is 0.330 e. The summed E-state index contributed by atoms with van der Waals surface area (Å²) in [4.78, 5) is 57.7. The first-order chi connectivity index (χ1) is 16.7. The first kappa shape index (κ1) is 33.6. The Labute approximate surface area is 245 Å². The first-order valence-corrected chi connectivity index (χ1v) is 14.7. The van der Waals surface area contributed by atoms with Gasteiger partial charge in [0.1, 0.15) is 26.0 Å². The summed E-state index contributed by atoms with van der Waals surface area (Å²) < 4.78 is 50.3. The third kappa shape index (κ3) is 9.22. The fourth-order valence-corrected chi connectivity index (χ4v) is 5.65. The molecule has 0 amide bonds. The summed E-state index contributed by atoms with van der Waals surface area (Å²) in [5, 5.41) is 10.3. The molecule has 37 heavy (non-hydrogen) atoms. The zero-order chi connectivity index (χ0) is 26.8. The third-order valence-corrected chi connectivity index (χ3v) is 8.09. The average Bonchev–Trinajstić information content (AvgIpc) is 3.30. The maximum absolute atomic E-state index is 12.4. The molecule has 0 aromatic carbocycles. The molecule has 15 nitrogen and oxygen atoms in total. The minimum absolute atomic E-state index is 0. The predicted molar refractivity (Wildman–Crippen MR) is 122 cm³/mol. The van der Waals surface area contributed by atoms with Gasteiger partial charge in [0.25, 0.3) is 13.4 Å². The maximum Gasteiger partial charge on any atom is 0.330 e. The van der Waals surface area contributed by atoms with Gasteiger partial charge in [0.2, 0.25) is 0 Å². The molecule has 20 heteroatoms. The van der Waals surface area contributed by atoms with E-state index in [0.717, 1.165) is 4.57 Å². The van der Waals surface area contributed by atoms with Crippen LogP contribution >= 0.6 is 31.3 Å². The molecule has 2 fully saturated rings. The number of hydrogen-bond acceptors (Lipinski definition) is 12. The number of phosphoric acid groups is 1. The SMILES string of the molecule is COC1C(COP(=O)([O-])O)OC([B]CP(=O)([O-])OCC2OC(n3cc(Br)c(=O)[nH]c3=O)CC2O)C1C.[Y]. The Bertz CT molecular complexity index is 1140. The molecule has 0 bridgehead atoms. The van der Waals surface area contributed by atoms with Crippen LogP contribution in [0.25, 0.3) is 0 Å². The molecule has 9 unspecified atom stereocenters. The Balaban J connectivity index is 0.00000481. The molecule has 0 aliphatic carbocycles. The van der Waals surface area contributed by atoms with Crippen LogP contribution < -0.4 is 21.0 Å². The van der Waals surface area contributed by atoms with Crippen LogP contribution in [0.1, 0.15) is 19.6 Å². The van der Waals surface area contributed by atoms with Crippen LogP contribution in [-0.4, -0.2) is 83.6 Å². The number of nitrogens with one attached hydrogen (secondary N) is 1. The summed E-state index contributed by atoms with van der Waals surface area (Å²) in [6, 6.07) is -1.30. The fourth-order valence-electron chi connectivity index (χ4n) is 4.05. The summed E-state index contributed by atoms with van der Waals surface area (Å²) in [5.74, 6) is -0.371. The van der Waals surface area contributed by atoms with Crippen molar-refractivity contribution in [2.24, 2.45) is 5.92 Å². The molecule has 0 saturated carbocycles. The Morgan fingerprint density at radius 1 is 1.24 bits per heavy atom. The van der Waals surface area contributed by atoms with E-state index in [1.807, 2.05) is 0 Å². The Morgan fingerprint density at radius 3 is 2.51 bits per heavy atom. The van der Waals surface area contributed by atoms with E-state index in [2.05, 4.69) is 25.4 Å². The molecule has 206 valence electrons. The summed E-state index contributed by atoms with van der Waals surface area (Å²) in [7, 11) is -6.74. The van der Waals surface area contributed by atoms with Crippen molar-refractivity contribution in [3.8, 4) is 0 Å². The number of nitrogens with zero attached hydrogens (tertiary/aromatic N) is 1. The number of halogens is 1. The van der Waals surface area contributed by atoms with Gasteiger partial charge in [-0.3, -0.25) is 18.9 Å². The molecule has 2 saturated heterocycles. The standard InChI is InChI=1S/C17H27BBrN2O13P2.Y/c1-8-14(30-2)12(6-32-36(27,28)29)34-15(8)18-7-35(25,26)31-5-11-10(22)3-13(33-11)21-4-9(19)16(23)20-17(21)24;/h4,8,10-15,22H,3,5-7H2,1-2H3,(H,25,26)(H,20,23,24)(H2,27,28,29);/p-2. The largest absolute Gasteiger partial charge is 0.779 e. The number of hydrogen-bond donors (Lipinski definition) is 3. The van der Waals surface area contributed by atoms with Gasteiger partial charge in [-0.15, -0.1) is 0 Å². The summed E-state index contributed by atoms with van der Waals surface area (Å²) in [6.07, 6.45) is -3.48. The van der Waals surface area contributed by atoms with E-state index >= 15 is 0 Å². The Morgan fingerprint density at radius 2 is 1.89 bits per heavy atom. The van der Waals surface area contributed by atoms with E-state index in [1.165, 1.54) is 20.6 Å². The van der Waals surface area contributed by atoms with Crippen molar-refractivity contribution in [2.45, 2.75) is 50.0 Å². The van der Waals surface area contributed by atoms with Crippen LogP contribution in [0.15, 0.2) is 20.3 Å². The van der Waals surface area contributed by atoms with Crippen LogP contribution in [0, 0.1) is 5.92 Å². The quantitative estimate of drug-likeness (QED) is 0.168. The molecule has 9 atom stereocenters. The van der Waals surface area contributed by atoms with E-state index in [1.54, 1.807) is 6.92 Å². The molecule has 2 aliphatic heterocycles. The molecule has 1 aromatic heterocycles. The van der Waals surface area contributed by atoms with E-state index in [9.17, 15) is 33.6 Å². The number of phosphoric ester groups is 1.